The van der Waals surface area contributed by atoms with Crippen molar-refractivity contribution in [2.24, 2.45) is 0 Å². The van der Waals surface area contributed by atoms with Gasteiger partial charge in [0, 0.05) is 16.3 Å². The van der Waals surface area contributed by atoms with Crippen LogP contribution in [0.4, 0.5) is 10.1 Å². The summed E-state index contributed by atoms with van der Waals surface area (Å²) < 4.78 is 13.6. The average Bonchev–Trinajstić information content (AvgIpc) is 2.34. The molecule has 1 atom stereocenters. The highest BCUT2D eigenvalue weighted by Gasteiger charge is 2.10. The van der Waals surface area contributed by atoms with Crippen LogP contribution in [0.1, 0.15) is 24.1 Å². The molecule has 0 saturated heterocycles. The summed E-state index contributed by atoms with van der Waals surface area (Å²) in [4.78, 5) is 0. The maximum atomic E-state index is 13.6. The molecule has 18 heavy (non-hydrogen) atoms. The van der Waals surface area contributed by atoms with E-state index in [0.29, 0.717) is 10.6 Å². The van der Waals surface area contributed by atoms with E-state index in [-0.39, 0.29) is 11.9 Å². The van der Waals surface area contributed by atoms with Crippen molar-refractivity contribution in [2.45, 2.75) is 19.9 Å². The average molecular weight is 264 g/mol. The summed E-state index contributed by atoms with van der Waals surface area (Å²) in [5.74, 6) is -0.198. The highest BCUT2D eigenvalue weighted by atomic mass is 35.5. The van der Waals surface area contributed by atoms with Gasteiger partial charge in [-0.2, -0.15) is 0 Å². The van der Waals surface area contributed by atoms with E-state index >= 15 is 0 Å². The van der Waals surface area contributed by atoms with Gasteiger partial charge in [-0.25, -0.2) is 4.39 Å². The van der Waals surface area contributed by atoms with Crippen molar-refractivity contribution in [3.63, 3.8) is 0 Å². The van der Waals surface area contributed by atoms with Crippen molar-refractivity contribution in [3.05, 3.63) is 64.4 Å². The van der Waals surface area contributed by atoms with E-state index in [1.165, 1.54) is 6.07 Å². The zero-order valence-electron chi connectivity index (χ0n) is 10.4. The van der Waals surface area contributed by atoms with Gasteiger partial charge in [0.2, 0.25) is 0 Å². The summed E-state index contributed by atoms with van der Waals surface area (Å²) in [7, 11) is 0. The molecule has 0 aliphatic rings. The first-order valence-electron chi connectivity index (χ1n) is 5.85. The van der Waals surface area contributed by atoms with Gasteiger partial charge in [0.05, 0.1) is 6.04 Å². The molecule has 2 aromatic carbocycles. The van der Waals surface area contributed by atoms with Crippen LogP contribution in [0.25, 0.3) is 0 Å². The molecular formula is C15H15ClFN. The van der Waals surface area contributed by atoms with Crippen molar-refractivity contribution in [1.29, 1.82) is 0 Å². The molecule has 0 aromatic heterocycles. The predicted molar refractivity (Wildman–Crippen MR) is 74.6 cm³/mol. The van der Waals surface area contributed by atoms with Crippen LogP contribution in [0.15, 0.2) is 42.5 Å². The lowest BCUT2D eigenvalue weighted by molar-refractivity contribution is 0.600. The van der Waals surface area contributed by atoms with E-state index in [9.17, 15) is 4.39 Å². The normalized spacial score (nSPS) is 12.2. The van der Waals surface area contributed by atoms with Gasteiger partial charge in [-0.1, -0.05) is 35.9 Å². The maximum absolute atomic E-state index is 13.6. The lowest BCUT2D eigenvalue weighted by Crippen LogP contribution is -2.08. The van der Waals surface area contributed by atoms with E-state index in [2.05, 4.69) is 5.32 Å². The number of anilines is 1. The zero-order chi connectivity index (χ0) is 13.1. The van der Waals surface area contributed by atoms with Gasteiger partial charge in [-0.05, 0) is 37.6 Å². The first kappa shape index (κ1) is 12.9. The van der Waals surface area contributed by atoms with Gasteiger partial charge in [-0.3, -0.25) is 0 Å². The van der Waals surface area contributed by atoms with Crippen LogP contribution in [0.5, 0.6) is 0 Å². The Labute approximate surface area is 112 Å². The summed E-state index contributed by atoms with van der Waals surface area (Å²) in [6.07, 6.45) is 0. The number of hydrogen-bond donors (Lipinski definition) is 1. The lowest BCUT2D eigenvalue weighted by atomic mass is 10.1. The fourth-order valence-corrected chi connectivity index (χ4v) is 2.02. The number of nitrogens with one attached hydrogen (secondary N) is 1. The monoisotopic (exact) mass is 263 g/mol. The smallest absolute Gasteiger partial charge is 0.128 e. The summed E-state index contributed by atoms with van der Waals surface area (Å²) in [6, 6.07) is 12.4. The number of rotatable bonds is 3. The largest absolute Gasteiger partial charge is 0.378 e. The van der Waals surface area contributed by atoms with E-state index in [1.807, 2.05) is 38.1 Å². The Balaban J connectivity index is 2.19. The van der Waals surface area contributed by atoms with Crippen molar-refractivity contribution in [3.8, 4) is 0 Å². The van der Waals surface area contributed by atoms with Gasteiger partial charge in [-0.15, -0.1) is 0 Å². The van der Waals surface area contributed by atoms with E-state index in [4.69, 9.17) is 11.6 Å². The van der Waals surface area contributed by atoms with Gasteiger partial charge >= 0.3 is 0 Å². The van der Waals surface area contributed by atoms with Crippen LogP contribution in [0, 0.1) is 12.7 Å². The predicted octanol–water partition coefficient (Wildman–Crippen LogP) is 4.96. The van der Waals surface area contributed by atoms with Gasteiger partial charge in [0.15, 0.2) is 0 Å². The number of aryl methyl sites for hydroxylation is 1. The second kappa shape index (κ2) is 5.40. The van der Waals surface area contributed by atoms with Crippen molar-refractivity contribution in [1.82, 2.24) is 0 Å². The van der Waals surface area contributed by atoms with E-state index in [0.717, 1.165) is 11.3 Å². The van der Waals surface area contributed by atoms with Crippen LogP contribution in [0.2, 0.25) is 5.02 Å². The highest BCUT2D eigenvalue weighted by Crippen LogP contribution is 2.25. The van der Waals surface area contributed by atoms with Gasteiger partial charge in [0.1, 0.15) is 5.82 Å². The third-order valence-electron chi connectivity index (χ3n) is 2.93. The van der Waals surface area contributed by atoms with Crippen LogP contribution < -0.4 is 5.32 Å². The van der Waals surface area contributed by atoms with Crippen LogP contribution in [-0.4, -0.2) is 0 Å². The molecule has 1 N–H and O–H groups in total. The Morgan fingerprint density at radius 2 is 1.89 bits per heavy atom. The highest BCUT2D eigenvalue weighted by molar-refractivity contribution is 6.31. The molecule has 0 aliphatic heterocycles. The Morgan fingerprint density at radius 1 is 1.17 bits per heavy atom. The molecule has 0 amide bonds. The molecule has 1 nitrogen and oxygen atoms in total. The third kappa shape index (κ3) is 2.82. The Hall–Kier alpha value is -1.54. The molecule has 0 aliphatic carbocycles. The van der Waals surface area contributed by atoms with Crippen LogP contribution >= 0.6 is 11.6 Å². The minimum atomic E-state index is -0.198. The van der Waals surface area contributed by atoms with Crippen molar-refractivity contribution >= 4 is 17.3 Å². The molecule has 0 saturated carbocycles. The molecule has 0 fully saturated rings. The summed E-state index contributed by atoms with van der Waals surface area (Å²) in [5, 5.41) is 3.95. The molecule has 0 radical (unpaired) electrons. The molecule has 2 rings (SSSR count). The Morgan fingerprint density at radius 3 is 2.56 bits per heavy atom. The van der Waals surface area contributed by atoms with Crippen molar-refractivity contribution < 1.29 is 4.39 Å². The molecular weight excluding hydrogens is 249 g/mol. The second-order valence-corrected chi connectivity index (χ2v) is 4.76. The fraction of sp³-hybridized carbons (Fsp3) is 0.200. The first-order valence-corrected chi connectivity index (χ1v) is 6.23. The molecule has 3 heteroatoms. The number of benzene rings is 2. The summed E-state index contributed by atoms with van der Waals surface area (Å²) in [5.41, 5.74) is 2.57. The number of halogens is 2. The maximum Gasteiger partial charge on any atom is 0.128 e. The van der Waals surface area contributed by atoms with E-state index < -0.39 is 0 Å². The quantitative estimate of drug-likeness (QED) is 0.825. The molecule has 0 bridgehead atoms. The minimum absolute atomic E-state index is 0.107. The van der Waals surface area contributed by atoms with E-state index in [1.54, 1.807) is 12.1 Å². The van der Waals surface area contributed by atoms with Gasteiger partial charge < -0.3 is 5.32 Å². The van der Waals surface area contributed by atoms with Crippen molar-refractivity contribution in [2.75, 3.05) is 5.32 Å². The molecule has 94 valence electrons. The minimum Gasteiger partial charge on any atom is -0.378 e. The topological polar surface area (TPSA) is 12.0 Å². The Bertz CT molecular complexity index is 554. The standard InChI is InChI=1S/C15H15ClFN/c1-10-7-8-12(9-14(10)16)18-11(2)13-5-3-4-6-15(13)17/h3-9,11,18H,1-2H3. The number of hydrogen-bond acceptors (Lipinski definition) is 1. The zero-order valence-corrected chi connectivity index (χ0v) is 11.1. The summed E-state index contributed by atoms with van der Waals surface area (Å²) in [6.45, 7) is 3.87. The fourth-order valence-electron chi connectivity index (χ4n) is 1.84. The summed E-state index contributed by atoms with van der Waals surface area (Å²) >= 11 is 6.06. The SMILES string of the molecule is Cc1ccc(NC(C)c2ccccc2F)cc1Cl. The lowest BCUT2D eigenvalue weighted by Gasteiger charge is -2.16. The molecule has 0 spiro atoms. The molecule has 2 aromatic rings. The van der Waals surface area contributed by atoms with Crippen LogP contribution in [-0.2, 0) is 0 Å². The molecule has 1 unspecified atom stereocenters. The molecule has 0 heterocycles. The van der Waals surface area contributed by atoms with Crippen LogP contribution in [0.3, 0.4) is 0 Å². The third-order valence-corrected chi connectivity index (χ3v) is 3.33. The second-order valence-electron chi connectivity index (χ2n) is 4.35. The Kier molecular flexibility index (Phi) is 3.87. The van der Waals surface area contributed by atoms with Gasteiger partial charge in [0.25, 0.3) is 0 Å². The first-order chi connectivity index (χ1) is 8.58.